The monoisotopic (exact) mass is 398 g/mol. The molecule has 0 spiro atoms. The van der Waals surface area contributed by atoms with Crippen LogP contribution in [-0.2, 0) is 0 Å². The molecule has 0 saturated heterocycles. The van der Waals surface area contributed by atoms with Gasteiger partial charge in [-0.1, -0.05) is 33.6 Å². The number of halogens is 4. The fourth-order valence-electron chi connectivity index (χ4n) is 1.41. The van der Waals surface area contributed by atoms with Crippen molar-refractivity contribution in [2.75, 3.05) is 0 Å². The molecule has 0 fully saturated rings. The van der Waals surface area contributed by atoms with E-state index >= 15 is 0 Å². The molecule has 1 aromatic carbocycles. The van der Waals surface area contributed by atoms with Gasteiger partial charge in [0, 0.05) is 19.4 Å². The van der Waals surface area contributed by atoms with E-state index in [-0.39, 0.29) is 5.56 Å². The molecule has 17 heavy (non-hydrogen) atoms. The Bertz CT molecular complexity index is 519. The van der Waals surface area contributed by atoms with Gasteiger partial charge in [0.25, 0.3) is 0 Å². The van der Waals surface area contributed by atoms with Crippen LogP contribution in [0.1, 0.15) is 16.5 Å². The Kier molecular flexibility index (Phi) is 4.26. The van der Waals surface area contributed by atoms with Gasteiger partial charge in [0.05, 0.1) is 0 Å². The smallest absolute Gasteiger partial charge is 0.130 e. The minimum atomic E-state index is -1.03. The van der Waals surface area contributed by atoms with Crippen molar-refractivity contribution in [2.45, 2.75) is 6.10 Å². The van der Waals surface area contributed by atoms with Gasteiger partial charge in [-0.05, 0) is 34.1 Å². The minimum absolute atomic E-state index is 0.220. The molecule has 0 aliphatic rings. The van der Waals surface area contributed by atoms with Gasteiger partial charge < -0.3 is 5.11 Å². The number of benzene rings is 1. The lowest BCUT2D eigenvalue weighted by Gasteiger charge is -2.11. The molecule has 0 bridgehead atoms. The predicted molar refractivity (Wildman–Crippen MR) is 75.2 cm³/mol. The summed E-state index contributed by atoms with van der Waals surface area (Å²) in [5, 5.41) is 10.2. The maximum absolute atomic E-state index is 13.7. The number of rotatable bonds is 2. The molecule has 2 aromatic rings. The van der Waals surface area contributed by atoms with Crippen LogP contribution in [0.5, 0.6) is 0 Å². The van der Waals surface area contributed by atoms with Gasteiger partial charge >= 0.3 is 0 Å². The van der Waals surface area contributed by atoms with Crippen molar-refractivity contribution < 1.29 is 9.50 Å². The van der Waals surface area contributed by atoms with Gasteiger partial charge in [-0.25, -0.2) is 4.39 Å². The largest absolute Gasteiger partial charge is 0.383 e. The fraction of sp³-hybridized carbons (Fsp3) is 0.0909. The van der Waals surface area contributed by atoms with Gasteiger partial charge in [-0.2, -0.15) is 0 Å². The zero-order valence-electron chi connectivity index (χ0n) is 8.25. The van der Waals surface area contributed by atoms with E-state index in [0.717, 1.165) is 0 Å². The molecule has 2 rings (SSSR count). The van der Waals surface area contributed by atoms with Crippen molar-refractivity contribution in [2.24, 2.45) is 0 Å². The molecular formula is C11H6Br2ClFOS. The molecule has 0 aliphatic heterocycles. The molecule has 6 heteroatoms. The summed E-state index contributed by atoms with van der Waals surface area (Å²) in [5.74, 6) is -0.451. The van der Waals surface area contributed by atoms with Crippen LogP contribution >= 0.6 is 54.8 Å². The summed E-state index contributed by atoms with van der Waals surface area (Å²) in [5.41, 5.74) is 0.220. The molecule has 1 atom stereocenters. The second-order valence-corrected chi connectivity index (χ2v) is 6.70. The van der Waals surface area contributed by atoms with Crippen molar-refractivity contribution in [3.63, 3.8) is 0 Å². The summed E-state index contributed by atoms with van der Waals surface area (Å²) in [6.07, 6.45) is -1.03. The zero-order chi connectivity index (χ0) is 12.6. The third-order valence-corrected chi connectivity index (χ3v) is 5.43. The number of hydrogen-bond donors (Lipinski definition) is 1. The Morgan fingerprint density at radius 1 is 1.29 bits per heavy atom. The minimum Gasteiger partial charge on any atom is -0.383 e. The van der Waals surface area contributed by atoms with E-state index in [9.17, 15) is 9.50 Å². The van der Waals surface area contributed by atoms with Gasteiger partial charge in [0.2, 0.25) is 0 Å². The molecule has 0 radical (unpaired) electrons. The maximum atomic E-state index is 13.7. The predicted octanol–water partition coefficient (Wildman–Crippen LogP) is 5.15. The SMILES string of the molecule is OC(c1cc(Br)c(Cl)s1)c1c(F)cccc1Br. The van der Waals surface area contributed by atoms with Crippen molar-refractivity contribution in [1.82, 2.24) is 0 Å². The number of thiophene rings is 1. The second kappa shape index (κ2) is 5.36. The Morgan fingerprint density at radius 3 is 2.53 bits per heavy atom. The Labute approximate surface area is 123 Å². The van der Waals surface area contributed by atoms with Crippen LogP contribution in [0, 0.1) is 5.82 Å². The first kappa shape index (κ1) is 13.5. The summed E-state index contributed by atoms with van der Waals surface area (Å²) in [6.45, 7) is 0. The summed E-state index contributed by atoms with van der Waals surface area (Å²) >= 11 is 13.6. The van der Waals surface area contributed by atoms with E-state index in [1.807, 2.05) is 0 Å². The Balaban J connectivity index is 2.47. The highest BCUT2D eigenvalue weighted by Crippen LogP contribution is 2.39. The number of aliphatic hydroxyl groups is 1. The van der Waals surface area contributed by atoms with Crippen molar-refractivity contribution >= 4 is 54.8 Å². The van der Waals surface area contributed by atoms with Crippen LogP contribution in [0.3, 0.4) is 0 Å². The molecule has 1 nitrogen and oxygen atoms in total. The lowest BCUT2D eigenvalue weighted by molar-refractivity contribution is 0.218. The molecule has 1 aromatic heterocycles. The number of hydrogen-bond acceptors (Lipinski definition) is 2. The summed E-state index contributed by atoms with van der Waals surface area (Å²) in [7, 11) is 0. The lowest BCUT2D eigenvalue weighted by atomic mass is 10.1. The highest BCUT2D eigenvalue weighted by atomic mass is 79.9. The summed E-state index contributed by atoms with van der Waals surface area (Å²) in [4.78, 5) is 0.590. The second-order valence-electron chi connectivity index (χ2n) is 3.31. The highest BCUT2D eigenvalue weighted by molar-refractivity contribution is 9.10. The molecular weight excluding hydrogens is 394 g/mol. The fourth-order valence-corrected chi connectivity index (χ4v) is 3.70. The Hall–Kier alpha value is 0.0600. The summed E-state index contributed by atoms with van der Waals surface area (Å²) in [6, 6.07) is 6.27. The van der Waals surface area contributed by atoms with Crippen LogP contribution < -0.4 is 0 Å². The van der Waals surface area contributed by atoms with E-state index in [1.165, 1.54) is 17.4 Å². The van der Waals surface area contributed by atoms with Gasteiger partial charge in [0.1, 0.15) is 16.3 Å². The first-order valence-electron chi connectivity index (χ1n) is 4.57. The zero-order valence-corrected chi connectivity index (χ0v) is 13.0. The Morgan fingerprint density at radius 2 is 2.00 bits per heavy atom. The maximum Gasteiger partial charge on any atom is 0.130 e. The normalized spacial score (nSPS) is 12.8. The molecule has 90 valence electrons. The molecule has 0 amide bonds. The quantitative estimate of drug-likeness (QED) is 0.739. The summed E-state index contributed by atoms with van der Waals surface area (Å²) < 4.78 is 15.4. The van der Waals surface area contributed by atoms with Crippen LogP contribution in [0.15, 0.2) is 33.2 Å². The van der Waals surface area contributed by atoms with E-state index in [4.69, 9.17) is 11.6 Å². The molecule has 1 N–H and O–H groups in total. The highest BCUT2D eigenvalue weighted by Gasteiger charge is 2.20. The standard InChI is InChI=1S/C11H6Br2ClFOS/c12-5-2-1-3-7(15)9(5)10(16)8-4-6(13)11(14)17-8/h1-4,10,16H. The molecule has 0 aliphatic carbocycles. The van der Waals surface area contributed by atoms with E-state index in [1.54, 1.807) is 18.2 Å². The number of aliphatic hydroxyl groups excluding tert-OH is 1. The first-order chi connectivity index (χ1) is 8.00. The first-order valence-corrected chi connectivity index (χ1v) is 7.35. The van der Waals surface area contributed by atoms with Crippen LogP contribution in [-0.4, -0.2) is 5.11 Å². The average Bonchev–Trinajstić information content (AvgIpc) is 2.59. The molecule has 1 unspecified atom stereocenters. The van der Waals surface area contributed by atoms with Crippen molar-refractivity contribution in [1.29, 1.82) is 0 Å². The van der Waals surface area contributed by atoms with Crippen molar-refractivity contribution in [3.8, 4) is 0 Å². The van der Waals surface area contributed by atoms with E-state index in [2.05, 4.69) is 31.9 Å². The van der Waals surface area contributed by atoms with Crippen LogP contribution in [0.4, 0.5) is 4.39 Å². The van der Waals surface area contributed by atoms with Gasteiger partial charge in [-0.3, -0.25) is 0 Å². The topological polar surface area (TPSA) is 20.2 Å². The molecule has 1 heterocycles. The van der Waals surface area contributed by atoms with Crippen LogP contribution in [0.25, 0.3) is 0 Å². The third-order valence-electron chi connectivity index (χ3n) is 2.21. The van der Waals surface area contributed by atoms with E-state index < -0.39 is 11.9 Å². The molecule has 0 saturated carbocycles. The van der Waals surface area contributed by atoms with Crippen molar-refractivity contribution in [3.05, 3.63) is 53.8 Å². The van der Waals surface area contributed by atoms with Gasteiger partial charge in [0.15, 0.2) is 0 Å². The van der Waals surface area contributed by atoms with E-state index in [0.29, 0.717) is 18.2 Å². The van der Waals surface area contributed by atoms with Crippen LogP contribution in [0.2, 0.25) is 4.34 Å². The average molecular weight is 400 g/mol. The third kappa shape index (κ3) is 2.74. The lowest BCUT2D eigenvalue weighted by Crippen LogP contribution is -2.01. The van der Waals surface area contributed by atoms with Gasteiger partial charge in [-0.15, -0.1) is 11.3 Å².